The third kappa shape index (κ3) is 3.22. The Morgan fingerprint density at radius 2 is 2.08 bits per heavy atom. The molecule has 1 saturated carbocycles. The number of hydrogen-bond donors (Lipinski definition) is 1. The lowest BCUT2D eigenvalue weighted by atomic mass is 9.79. The number of carbonyl (C=O) groups excluding carboxylic acids is 1. The SMILES string of the molecule is CNc1ccc(C(F)(F)F)cc1C(=O)N1CCOCC1C1CCC1. The van der Waals surface area contributed by atoms with Gasteiger partial charge in [-0.15, -0.1) is 0 Å². The molecule has 7 heteroatoms. The number of hydrogen-bond acceptors (Lipinski definition) is 3. The van der Waals surface area contributed by atoms with Gasteiger partial charge in [-0.05, 0) is 37.0 Å². The Bertz CT molecular complexity index is 614. The molecule has 1 aromatic rings. The number of morpholine rings is 1. The highest BCUT2D eigenvalue weighted by atomic mass is 19.4. The molecule has 1 atom stereocenters. The normalized spacial score (nSPS) is 22.2. The molecular formula is C17H21F3N2O2. The smallest absolute Gasteiger partial charge is 0.387 e. The minimum absolute atomic E-state index is 0.0424. The second-order valence-corrected chi connectivity index (χ2v) is 6.34. The average Bonchev–Trinajstić information content (AvgIpc) is 2.51. The van der Waals surface area contributed by atoms with E-state index in [9.17, 15) is 18.0 Å². The topological polar surface area (TPSA) is 41.6 Å². The fraction of sp³-hybridized carbons (Fsp3) is 0.588. The maximum absolute atomic E-state index is 13.0. The standard InChI is InChI=1S/C17H21F3N2O2/c1-21-14-6-5-12(17(18,19)20)9-13(14)16(23)22-7-8-24-10-15(22)11-3-2-4-11/h5-6,9,11,15,21H,2-4,7-8,10H2,1H3. The molecule has 1 aromatic carbocycles. The zero-order valence-corrected chi connectivity index (χ0v) is 13.5. The zero-order chi connectivity index (χ0) is 17.3. The van der Waals surface area contributed by atoms with Crippen LogP contribution in [0.25, 0.3) is 0 Å². The summed E-state index contributed by atoms with van der Waals surface area (Å²) < 4.78 is 44.5. The number of carbonyl (C=O) groups is 1. The van der Waals surface area contributed by atoms with Gasteiger partial charge < -0.3 is 15.0 Å². The quantitative estimate of drug-likeness (QED) is 0.915. The van der Waals surface area contributed by atoms with Crippen molar-refractivity contribution in [3.63, 3.8) is 0 Å². The van der Waals surface area contributed by atoms with Crippen molar-refractivity contribution in [2.75, 3.05) is 32.1 Å². The van der Waals surface area contributed by atoms with Gasteiger partial charge >= 0.3 is 6.18 Å². The molecule has 1 N–H and O–H groups in total. The molecule has 1 heterocycles. The van der Waals surface area contributed by atoms with Gasteiger partial charge in [-0.1, -0.05) is 6.42 Å². The van der Waals surface area contributed by atoms with Gasteiger partial charge in [0.25, 0.3) is 5.91 Å². The highest BCUT2D eigenvalue weighted by molar-refractivity contribution is 6.00. The number of rotatable bonds is 3. The summed E-state index contributed by atoms with van der Waals surface area (Å²) in [4.78, 5) is 14.7. The van der Waals surface area contributed by atoms with E-state index in [1.807, 2.05) is 0 Å². The number of ether oxygens (including phenoxy) is 1. The molecule has 132 valence electrons. The van der Waals surface area contributed by atoms with Crippen LogP contribution in [0.2, 0.25) is 0 Å². The molecule has 1 aliphatic carbocycles. The van der Waals surface area contributed by atoms with Gasteiger partial charge in [0.15, 0.2) is 0 Å². The van der Waals surface area contributed by atoms with Crippen LogP contribution in [0.15, 0.2) is 18.2 Å². The summed E-state index contributed by atoms with van der Waals surface area (Å²) in [5, 5.41) is 2.82. The fourth-order valence-corrected chi connectivity index (χ4v) is 3.36. The van der Waals surface area contributed by atoms with Gasteiger partial charge in [0.2, 0.25) is 0 Å². The number of amides is 1. The van der Waals surface area contributed by atoms with E-state index in [0.717, 1.165) is 31.4 Å². The second kappa shape index (κ2) is 6.63. The Morgan fingerprint density at radius 3 is 2.67 bits per heavy atom. The lowest BCUT2D eigenvalue weighted by Crippen LogP contribution is -2.53. The molecule has 0 bridgehead atoms. The molecule has 1 amide bonds. The summed E-state index contributed by atoms with van der Waals surface area (Å²) in [6.45, 7) is 1.30. The van der Waals surface area contributed by atoms with Crippen LogP contribution in [-0.4, -0.2) is 43.7 Å². The van der Waals surface area contributed by atoms with E-state index in [-0.39, 0.29) is 17.5 Å². The maximum Gasteiger partial charge on any atom is 0.416 e. The van der Waals surface area contributed by atoms with Crippen molar-refractivity contribution in [2.45, 2.75) is 31.5 Å². The van der Waals surface area contributed by atoms with Gasteiger partial charge in [-0.3, -0.25) is 4.79 Å². The third-order valence-electron chi connectivity index (χ3n) is 4.97. The van der Waals surface area contributed by atoms with Gasteiger partial charge in [0.1, 0.15) is 0 Å². The van der Waals surface area contributed by atoms with Crippen molar-refractivity contribution < 1.29 is 22.7 Å². The molecule has 1 aliphatic heterocycles. The number of benzene rings is 1. The van der Waals surface area contributed by atoms with E-state index >= 15 is 0 Å². The first-order chi connectivity index (χ1) is 11.4. The lowest BCUT2D eigenvalue weighted by Gasteiger charge is -2.43. The number of halogens is 3. The predicted octanol–water partition coefficient (Wildman–Crippen LogP) is 3.39. The molecule has 4 nitrogen and oxygen atoms in total. The van der Waals surface area contributed by atoms with Gasteiger partial charge in [-0.2, -0.15) is 13.2 Å². The van der Waals surface area contributed by atoms with E-state index in [4.69, 9.17) is 4.74 Å². The van der Waals surface area contributed by atoms with E-state index in [1.165, 1.54) is 6.07 Å². The molecule has 2 fully saturated rings. The molecule has 1 saturated heterocycles. The first-order valence-corrected chi connectivity index (χ1v) is 8.19. The summed E-state index contributed by atoms with van der Waals surface area (Å²) in [7, 11) is 1.60. The number of alkyl halides is 3. The average molecular weight is 342 g/mol. The van der Waals surface area contributed by atoms with E-state index in [2.05, 4.69) is 5.32 Å². The van der Waals surface area contributed by atoms with Crippen molar-refractivity contribution in [2.24, 2.45) is 5.92 Å². The highest BCUT2D eigenvalue weighted by Crippen LogP contribution is 2.36. The van der Waals surface area contributed by atoms with Crippen molar-refractivity contribution in [1.82, 2.24) is 4.90 Å². The summed E-state index contributed by atoms with van der Waals surface area (Å²) in [6, 6.07) is 3.21. The van der Waals surface area contributed by atoms with Crippen molar-refractivity contribution in [1.29, 1.82) is 0 Å². The molecule has 3 rings (SSSR count). The van der Waals surface area contributed by atoms with Crippen molar-refractivity contribution >= 4 is 11.6 Å². The Balaban J connectivity index is 1.92. The van der Waals surface area contributed by atoms with Gasteiger partial charge in [0, 0.05) is 19.3 Å². The summed E-state index contributed by atoms with van der Waals surface area (Å²) in [5.41, 5.74) is -0.330. The number of nitrogens with one attached hydrogen (secondary N) is 1. The first kappa shape index (κ1) is 17.1. The van der Waals surface area contributed by atoms with Gasteiger partial charge in [-0.25, -0.2) is 0 Å². The first-order valence-electron chi connectivity index (χ1n) is 8.19. The molecule has 2 aliphatic rings. The molecule has 0 aromatic heterocycles. The number of anilines is 1. The summed E-state index contributed by atoms with van der Waals surface area (Å²) in [6.07, 6.45) is -1.26. The van der Waals surface area contributed by atoms with Crippen molar-refractivity contribution in [3.8, 4) is 0 Å². The molecular weight excluding hydrogens is 321 g/mol. The summed E-state index contributed by atoms with van der Waals surface area (Å²) >= 11 is 0. The molecule has 24 heavy (non-hydrogen) atoms. The molecule has 1 unspecified atom stereocenters. The Labute approximate surface area is 139 Å². The third-order valence-corrected chi connectivity index (χ3v) is 4.97. The zero-order valence-electron chi connectivity index (χ0n) is 13.5. The predicted molar refractivity (Wildman–Crippen MR) is 84.0 cm³/mol. The van der Waals surface area contributed by atoms with E-state index < -0.39 is 11.7 Å². The van der Waals surface area contributed by atoms with E-state index in [0.29, 0.717) is 31.4 Å². The van der Waals surface area contributed by atoms with Crippen LogP contribution in [0.3, 0.4) is 0 Å². The minimum Gasteiger partial charge on any atom is -0.387 e. The van der Waals surface area contributed by atoms with Crippen LogP contribution in [0.5, 0.6) is 0 Å². The lowest BCUT2D eigenvalue weighted by molar-refractivity contribution is -0.137. The largest absolute Gasteiger partial charge is 0.416 e. The Morgan fingerprint density at radius 1 is 1.33 bits per heavy atom. The summed E-state index contributed by atoms with van der Waals surface area (Å²) in [5.74, 6) is 0.0312. The van der Waals surface area contributed by atoms with Crippen LogP contribution in [-0.2, 0) is 10.9 Å². The van der Waals surface area contributed by atoms with E-state index in [1.54, 1.807) is 11.9 Å². The van der Waals surface area contributed by atoms with Crippen LogP contribution >= 0.6 is 0 Å². The van der Waals surface area contributed by atoms with Crippen LogP contribution in [0, 0.1) is 5.92 Å². The Kier molecular flexibility index (Phi) is 4.71. The molecule has 0 radical (unpaired) electrons. The van der Waals surface area contributed by atoms with Crippen LogP contribution in [0.1, 0.15) is 35.2 Å². The van der Waals surface area contributed by atoms with Crippen molar-refractivity contribution in [3.05, 3.63) is 29.3 Å². The molecule has 0 spiro atoms. The van der Waals surface area contributed by atoms with Crippen LogP contribution < -0.4 is 5.32 Å². The maximum atomic E-state index is 13.0. The monoisotopic (exact) mass is 342 g/mol. The number of nitrogens with zero attached hydrogens (tertiary/aromatic N) is 1. The Hall–Kier alpha value is -1.76. The minimum atomic E-state index is -4.47. The second-order valence-electron chi connectivity index (χ2n) is 6.34. The fourth-order valence-electron chi connectivity index (χ4n) is 3.36. The van der Waals surface area contributed by atoms with Gasteiger partial charge in [0.05, 0.1) is 30.4 Å². The van der Waals surface area contributed by atoms with Crippen LogP contribution in [0.4, 0.5) is 18.9 Å². The highest BCUT2D eigenvalue weighted by Gasteiger charge is 2.38.